The van der Waals surface area contributed by atoms with Crippen molar-refractivity contribution in [2.75, 3.05) is 13.1 Å². The zero-order valence-corrected chi connectivity index (χ0v) is 11.8. The van der Waals surface area contributed by atoms with Crippen LogP contribution >= 0.6 is 0 Å². The van der Waals surface area contributed by atoms with Gasteiger partial charge < -0.3 is 16.0 Å². The fourth-order valence-corrected chi connectivity index (χ4v) is 2.19. The highest BCUT2D eigenvalue weighted by atomic mass is 16.2. The number of amides is 2. The number of carbonyl (C=O) groups is 2. The molecule has 104 valence electrons. The van der Waals surface area contributed by atoms with Crippen molar-refractivity contribution in [1.29, 1.82) is 0 Å². The van der Waals surface area contributed by atoms with Gasteiger partial charge in [0.1, 0.15) is 6.04 Å². The van der Waals surface area contributed by atoms with E-state index >= 15 is 0 Å². The third kappa shape index (κ3) is 3.98. The van der Waals surface area contributed by atoms with Crippen LogP contribution in [0.1, 0.15) is 40.5 Å². The second-order valence-electron chi connectivity index (χ2n) is 6.09. The van der Waals surface area contributed by atoms with Crippen LogP contribution in [0.2, 0.25) is 0 Å². The summed E-state index contributed by atoms with van der Waals surface area (Å²) in [7, 11) is 0. The van der Waals surface area contributed by atoms with E-state index in [4.69, 9.17) is 5.73 Å². The quantitative estimate of drug-likeness (QED) is 0.750. The Morgan fingerprint density at radius 2 is 2.11 bits per heavy atom. The van der Waals surface area contributed by atoms with Crippen molar-refractivity contribution >= 4 is 11.8 Å². The van der Waals surface area contributed by atoms with Gasteiger partial charge in [0, 0.05) is 25.0 Å². The fraction of sp³-hybridized carbons (Fsp3) is 0.846. The molecule has 1 unspecified atom stereocenters. The fourth-order valence-electron chi connectivity index (χ4n) is 2.19. The minimum absolute atomic E-state index is 0.0795. The molecule has 1 aliphatic heterocycles. The van der Waals surface area contributed by atoms with Gasteiger partial charge in [0.2, 0.25) is 11.8 Å². The molecule has 0 bridgehead atoms. The number of rotatable bonds is 5. The Labute approximate surface area is 109 Å². The van der Waals surface area contributed by atoms with Gasteiger partial charge in [-0.25, -0.2) is 0 Å². The van der Waals surface area contributed by atoms with Gasteiger partial charge in [-0.2, -0.15) is 0 Å². The first kappa shape index (κ1) is 15.0. The van der Waals surface area contributed by atoms with Crippen LogP contribution in [0.5, 0.6) is 0 Å². The van der Waals surface area contributed by atoms with Crippen molar-refractivity contribution in [2.45, 2.75) is 52.1 Å². The van der Waals surface area contributed by atoms with Gasteiger partial charge in [-0.3, -0.25) is 9.59 Å². The van der Waals surface area contributed by atoms with Gasteiger partial charge >= 0.3 is 0 Å². The van der Waals surface area contributed by atoms with Crippen molar-refractivity contribution < 1.29 is 9.59 Å². The van der Waals surface area contributed by atoms with Gasteiger partial charge in [-0.1, -0.05) is 13.8 Å². The molecule has 1 saturated heterocycles. The predicted molar refractivity (Wildman–Crippen MR) is 70.8 cm³/mol. The topological polar surface area (TPSA) is 75.4 Å². The van der Waals surface area contributed by atoms with Crippen LogP contribution in [0, 0.1) is 5.92 Å². The van der Waals surface area contributed by atoms with Gasteiger partial charge in [0.15, 0.2) is 0 Å². The summed E-state index contributed by atoms with van der Waals surface area (Å²) in [5.74, 6) is 0.0857. The normalized spacial score (nSPS) is 18.3. The van der Waals surface area contributed by atoms with E-state index in [2.05, 4.69) is 5.32 Å². The number of likely N-dealkylation sites (tertiary alicyclic amines) is 1. The largest absolute Gasteiger partial charge is 0.352 e. The standard InChI is InChI=1S/C13H25N3O2/c1-9(2)11(16-7-5-6-10(16)17)12(18)15-8-13(3,4)14/h9,11H,5-8,14H2,1-4H3,(H,15,18). The summed E-state index contributed by atoms with van der Waals surface area (Å²) in [6.45, 7) is 8.74. The zero-order valence-electron chi connectivity index (χ0n) is 11.8. The van der Waals surface area contributed by atoms with Crippen LogP contribution in [0.25, 0.3) is 0 Å². The zero-order chi connectivity index (χ0) is 13.9. The number of nitrogens with zero attached hydrogens (tertiary/aromatic N) is 1. The molecule has 1 aliphatic rings. The van der Waals surface area contributed by atoms with Crippen LogP contribution in [-0.4, -0.2) is 41.4 Å². The summed E-state index contributed by atoms with van der Waals surface area (Å²) in [6, 6.07) is -0.373. The van der Waals surface area contributed by atoms with E-state index in [1.807, 2.05) is 27.7 Å². The van der Waals surface area contributed by atoms with Crippen LogP contribution in [0.4, 0.5) is 0 Å². The third-order valence-corrected chi connectivity index (χ3v) is 3.06. The molecule has 0 aromatic carbocycles. The number of hydrogen-bond donors (Lipinski definition) is 2. The summed E-state index contributed by atoms with van der Waals surface area (Å²) in [6.07, 6.45) is 1.40. The second-order valence-corrected chi connectivity index (χ2v) is 6.09. The van der Waals surface area contributed by atoms with Crippen molar-refractivity contribution in [3.8, 4) is 0 Å². The molecule has 1 atom stereocenters. The lowest BCUT2D eigenvalue weighted by Crippen LogP contribution is -2.54. The maximum absolute atomic E-state index is 12.2. The Hall–Kier alpha value is -1.10. The first-order valence-corrected chi connectivity index (χ1v) is 6.58. The molecule has 5 nitrogen and oxygen atoms in total. The summed E-state index contributed by atoms with van der Waals surface area (Å²) in [4.78, 5) is 25.6. The Kier molecular flexibility index (Phi) is 4.73. The lowest BCUT2D eigenvalue weighted by atomic mass is 10.0. The summed E-state index contributed by atoms with van der Waals surface area (Å²) >= 11 is 0. The van der Waals surface area contributed by atoms with E-state index in [9.17, 15) is 9.59 Å². The van der Waals surface area contributed by atoms with Gasteiger partial charge in [0.05, 0.1) is 0 Å². The number of hydrogen-bond acceptors (Lipinski definition) is 3. The maximum atomic E-state index is 12.2. The molecule has 1 fully saturated rings. The maximum Gasteiger partial charge on any atom is 0.243 e. The summed E-state index contributed by atoms with van der Waals surface area (Å²) in [5, 5.41) is 2.84. The molecular formula is C13H25N3O2. The minimum Gasteiger partial charge on any atom is -0.352 e. The first-order chi connectivity index (χ1) is 8.22. The van der Waals surface area contributed by atoms with E-state index in [0.717, 1.165) is 6.42 Å². The Morgan fingerprint density at radius 1 is 1.50 bits per heavy atom. The lowest BCUT2D eigenvalue weighted by molar-refractivity contribution is -0.139. The smallest absolute Gasteiger partial charge is 0.243 e. The predicted octanol–water partition coefficient (Wildman–Crippen LogP) is 0.487. The van der Waals surface area contributed by atoms with E-state index < -0.39 is 5.54 Å². The van der Waals surface area contributed by atoms with Crippen LogP contribution < -0.4 is 11.1 Å². The molecule has 0 saturated carbocycles. The second kappa shape index (κ2) is 5.69. The average Bonchev–Trinajstić information content (AvgIpc) is 2.61. The van der Waals surface area contributed by atoms with Crippen molar-refractivity contribution in [1.82, 2.24) is 10.2 Å². The summed E-state index contributed by atoms with van der Waals surface area (Å²) in [5.41, 5.74) is 5.41. The van der Waals surface area contributed by atoms with Gasteiger partial charge in [0.25, 0.3) is 0 Å². The van der Waals surface area contributed by atoms with Gasteiger partial charge in [-0.05, 0) is 26.2 Å². The Balaban J connectivity index is 2.67. The number of nitrogens with one attached hydrogen (secondary N) is 1. The number of nitrogens with two attached hydrogens (primary N) is 1. The molecule has 5 heteroatoms. The van der Waals surface area contributed by atoms with E-state index in [-0.39, 0.29) is 23.8 Å². The molecule has 0 aromatic heterocycles. The molecule has 1 rings (SSSR count). The molecule has 0 radical (unpaired) electrons. The van der Waals surface area contributed by atoms with Crippen LogP contribution in [0.3, 0.4) is 0 Å². The van der Waals surface area contributed by atoms with Gasteiger partial charge in [-0.15, -0.1) is 0 Å². The summed E-state index contributed by atoms with van der Waals surface area (Å²) < 4.78 is 0. The van der Waals surface area contributed by atoms with E-state index in [0.29, 0.717) is 19.5 Å². The minimum atomic E-state index is -0.438. The van der Waals surface area contributed by atoms with Crippen LogP contribution in [-0.2, 0) is 9.59 Å². The van der Waals surface area contributed by atoms with Crippen molar-refractivity contribution in [3.63, 3.8) is 0 Å². The van der Waals surface area contributed by atoms with E-state index in [1.165, 1.54) is 0 Å². The molecule has 1 heterocycles. The first-order valence-electron chi connectivity index (χ1n) is 6.58. The molecule has 18 heavy (non-hydrogen) atoms. The number of carbonyl (C=O) groups excluding carboxylic acids is 2. The SMILES string of the molecule is CC(C)C(C(=O)NCC(C)(C)N)N1CCCC1=O. The Morgan fingerprint density at radius 3 is 2.50 bits per heavy atom. The highest BCUT2D eigenvalue weighted by molar-refractivity contribution is 5.88. The molecule has 0 aliphatic carbocycles. The molecule has 2 amide bonds. The lowest BCUT2D eigenvalue weighted by Gasteiger charge is -2.31. The average molecular weight is 255 g/mol. The van der Waals surface area contributed by atoms with Crippen molar-refractivity contribution in [2.24, 2.45) is 11.7 Å². The molecular weight excluding hydrogens is 230 g/mol. The third-order valence-electron chi connectivity index (χ3n) is 3.06. The molecule has 0 aromatic rings. The van der Waals surface area contributed by atoms with E-state index in [1.54, 1.807) is 4.90 Å². The highest BCUT2D eigenvalue weighted by Crippen LogP contribution is 2.19. The highest BCUT2D eigenvalue weighted by Gasteiger charge is 2.35. The molecule has 3 N–H and O–H groups in total. The van der Waals surface area contributed by atoms with Crippen molar-refractivity contribution in [3.05, 3.63) is 0 Å². The monoisotopic (exact) mass is 255 g/mol. The Bertz CT molecular complexity index is 321. The van der Waals surface area contributed by atoms with Crippen LogP contribution in [0.15, 0.2) is 0 Å². The molecule has 0 spiro atoms.